The smallest absolute Gasteiger partial charge is 0.325 e. The first-order valence-corrected chi connectivity index (χ1v) is 37.9. The molecule has 0 saturated carbocycles. The van der Waals surface area contributed by atoms with Crippen LogP contribution in [0.1, 0.15) is 157 Å². The van der Waals surface area contributed by atoms with Gasteiger partial charge in [-0.1, -0.05) is 56.3 Å². The number of carbonyl (C=O) groups excluding carboxylic acids is 9. The van der Waals surface area contributed by atoms with E-state index in [-0.39, 0.29) is 144 Å². The van der Waals surface area contributed by atoms with Gasteiger partial charge < -0.3 is 55.3 Å². The molecular weight excluding hydrogens is 1570 g/mol. The van der Waals surface area contributed by atoms with Crippen molar-refractivity contribution in [2.45, 2.75) is 91.5 Å². The normalized spacial score (nSPS) is 11.0. The minimum Gasteiger partial charge on any atom is -0.460 e. The highest BCUT2D eigenvalue weighted by Crippen LogP contribution is 2.23. The third kappa shape index (κ3) is 39.6. The SMILES string of the molecule is C#CC#CC#CC#CC#CC#CC#CC#CC#CC#CC#COc1cc(C)cc(COC(=O)CNC(=O)c2ccc(NCC(=O)[C@@H]3CCCN3C(=O)CC)cc2)c1.C#CC#CC#CC#CC#CC#CC#CC#CC#CC#CC#COc1cc(C)cc(COC(=O)CNC(=O)c2ccc(NCC(=O)[C@@H]3CCCN3C(=O)CNC(=O)[C@@H](C)Cc3ccccc3)cc2)c1.[HH].[HH].[HH].[HH].[HH].[HH].[HH].[HH].[HH].[HH].[HH].[HH].[HH].[HH].[HH].[HH].[HH].[HH].[HH].[HH].[HH].[HH].[HH].[HH].[HH].[HH].[HH].[HH].[HH].[HH].[HH].[HH].[HH].[HH].[HH].[HH].[HH].[HH].[HH].[HH].[HH].[HH].[HH].[HH]. The molecular formula is C105H159N7O13. The van der Waals surface area contributed by atoms with Crippen LogP contribution in [0.3, 0.4) is 0 Å². The van der Waals surface area contributed by atoms with Crippen LogP contribution in [0.5, 0.6) is 11.5 Å². The predicted octanol–water partition coefficient (Wildman–Crippen LogP) is 17.1. The number of carbonyl (C=O) groups is 9. The Balaban J connectivity index is -0.0000000432. The summed E-state index contributed by atoms with van der Waals surface area (Å²) in [5.74, 6) is 96.1. The summed E-state index contributed by atoms with van der Waals surface area (Å²) in [6.07, 6.45) is 18.5. The molecule has 20 nitrogen and oxygen atoms in total. The van der Waals surface area contributed by atoms with Gasteiger partial charge in [0, 0.05) is 253 Å². The average molecular weight is 1730 g/mol. The topological polar surface area (TPSA) is 257 Å². The van der Waals surface area contributed by atoms with Crippen LogP contribution in [0, 0.1) is 282 Å². The van der Waals surface area contributed by atoms with Crippen LogP contribution >= 0.6 is 0 Å². The van der Waals surface area contributed by atoms with E-state index in [1.54, 1.807) is 84.6 Å². The molecule has 2 aliphatic heterocycles. The molecule has 2 aliphatic rings. The molecule has 20 heteroatoms. The quantitative estimate of drug-likeness (QED) is 0.0255. The van der Waals surface area contributed by atoms with Crippen LogP contribution in [-0.4, -0.2) is 121 Å². The Kier molecular flexibility index (Phi) is 43.6. The van der Waals surface area contributed by atoms with E-state index in [0.717, 1.165) is 23.1 Å². The standard InChI is InChI=1S/C57H40N4O7.C48H31N3O6.44H2/c1-4-5-6-7-8-9-10-11-12-13-14-15-16-17-18-19-20-21-22-26-36-67-51-38-45(2)37-48(40-51)44-68-55(64)43-60-57(66)49-31-33-50(34-32-49)58-41-53(62)52-30-27-35-61(52)54(63)42-59-56(65)46(3)39-47-28-24-23-25-29-47;1-4-6-7-8-9-10-11-12-13-14-15-16-17-18-19-20-21-22-23-24-32-56-43-34-39(3)33-40(35-43)38-57-47(54)37-50-48(55)41-27-29-42(30-28-41)49-36-45(52)44-26-25-31-51(44)46(53)5-2;;;;;;;;;;;;;;;;;;;;;;;;;;;;;;;;;;;;;;;;;;;;/h1,23-25,28-29,31-34,37-38,40,46,52,58H,27,30,35,39,41-44H2,2-3H3,(H,59,65)(H,60,66);1,27-30,33-35,44,49H,5,25-26,31,36-38H2,2-3H3,(H,50,55);44*1H/t46-,52-;44-;;;;;;;;;;;;;;;;;;;;;;;;;;;;;;;;;;;;;;;;;;;;/m00............................................/s1. The van der Waals surface area contributed by atoms with Crippen molar-refractivity contribution in [1.82, 2.24) is 25.8 Å². The van der Waals surface area contributed by atoms with Crippen LogP contribution in [0.25, 0.3) is 0 Å². The number of benzene rings is 5. The summed E-state index contributed by atoms with van der Waals surface area (Å²) >= 11 is 0. The summed E-state index contributed by atoms with van der Waals surface area (Å²) < 4.78 is 21.6. The van der Waals surface area contributed by atoms with E-state index < -0.39 is 35.8 Å². The van der Waals surface area contributed by atoms with Gasteiger partial charge in [-0.15, -0.1) is 12.8 Å². The van der Waals surface area contributed by atoms with Gasteiger partial charge in [0.2, 0.25) is 17.7 Å². The second kappa shape index (κ2) is 57.3. The average Bonchev–Trinajstić information content (AvgIpc) is 1.72. The lowest BCUT2D eigenvalue weighted by Crippen LogP contribution is -2.47. The minimum absolute atomic E-state index is 0. The second-order valence-electron chi connectivity index (χ2n) is 25.4. The molecule has 0 aliphatic carbocycles. The highest BCUT2D eigenvalue weighted by molar-refractivity contribution is 5.98. The van der Waals surface area contributed by atoms with Crippen LogP contribution in [0.4, 0.5) is 11.4 Å². The number of nitrogens with zero attached hydrogens (tertiary/aromatic N) is 2. The first-order valence-electron chi connectivity index (χ1n) is 37.9. The molecule has 0 radical (unpaired) electrons. The van der Waals surface area contributed by atoms with Gasteiger partial charge in [0.25, 0.3) is 11.8 Å². The molecule has 5 aromatic rings. The molecule has 0 spiro atoms. The number of esters is 2. The van der Waals surface area contributed by atoms with Gasteiger partial charge in [-0.05, 0) is 241 Å². The molecule has 7 rings (SSSR count). The zero-order valence-electron chi connectivity index (χ0n) is 68.2. The molecule has 2 fully saturated rings. The molecule has 0 unspecified atom stereocenters. The summed E-state index contributed by atoms with van der Waals surface area (Å²) in [6, 6.07) is 32.0. The molecule has 2 heterocycles. The first-order chi connectivity index (χ1) is 60.9. The predicted molar refractivity (Wildman–Crippen MR) is 566 cm³/mol. The number of ketones is 2. The molecule has 2 saturated heterocycles. The number of terminal acetylenes is 2. The molecule has 0 aromatic heterocycles. The Bertz CT molecular complexity index is 6620. The zero-order valence-corrected chi connectivity index (χ0v) is 68.2. The second-order valence-corrected chi connectivity index (χ2v) is 25.4. The minimum atomic E-state index is -0.653. The van der Waals surface area contributed by atoms with Crippen LogP contribution in [-0.2, 0) is 62.7 Å². The number of hydrogen-bond donors (Lipinski definition) is 5. The van der Waals surface area contributed by atoms with Crippen molar-refractivity contribution >= 4 is 64.4 Å². The Labute approximate surface area is 795 Å². The van der Waals surface area contributed by atoms with Gasteiger partial charge in [-0.25, -0.2) is 0 Å². The number of hydrogen-bond acceptors (Lipinski definition) is 15. The van der Waals surface area contributed by atoms with E-state index in [1.807, 2.05) is 63.2 Å². The Hall–Kier alpha value is -18.8. The maximum Gasteiger partial charge on any atom is 0.325 e. The first kappa shape index (κ1) is 95.1. The maximum atomic E-state index is 13.2. The number of Topliss-reactive ketones (excluding diaryl/α,β-unsaturated/α-hetero) is 2. The fraction of sp³-hybridized carbons (Fsp3) is 0.210. The number of aryl methyl sites for hydroxylation is 2. The molecule has 5 aromatic carbocycles. The van der Waals surface area contributed by atoms with E-state index in [9.17, 15) is 43.2 Å². The monoisotopic (exact) mass is 1730 g/mol. The van der Waals surface area contributed by atoms with Crippen LogP contribution in [0.15, 0.2) is 115 Å². The van der Waals surface area contributed by atoms with E-state index in [2.05, 4.69) is 276 Å². The Morgan fingerprint density at radius 3 is 1.08 bits per heavy atom. The summed E-state index contributed by atoms with van der Waals surface area (Å²) in [7, 11) is 0. The molecule has 0 bridgehead atoms. The Morgan fingerprint density at radius 2 is 0.736 bits per heavy atom. The van der Waals surface area contributed by atoms with Crippen molar-refractivity contribution in [2.75, 3.05) is 56.4 Å². The zero-order chi connectivity index (χ0) is 89.5. The Morgan fingerprint density at radius 1 is 0.400 bits per heavy atom. The van der Waals surface area contributed by atoms with Crippen LogP contribution in [0.2, 0.25) is 0 Å². The van der Waals surface area contributed by atoms with Crippen molar-refractivity contribution in [3.8, 4) is 273 Å². The van der Waals surface area contributed by atoms with Crippen molar-refractivity contribution < 1.29 is 125 Å². The van der Waals surface area contributed by atoms with Crippen molar-refractivity contribution in [1.29, 1.82) is 0 Å². The summed E-state index contributed by atoms with van der Waals surface area (Å²) in [4.78, 5) is 117. The molecule has 5 N–H and O–H groups in total. The number of amides is 5. The van der Waals surface area contributed by atoms with Gasteiger partial charge in [0.05, 0.1) is 31.7 Å². The number of nitrogens with one attached hydrogen (secondary N) is 5. The summed E-state index contributed by atoms with van der Waals surface area (Å²) in [5.41, 5.74) is 5.86. The van der Waals surface area contributed by atoms with E-state index >= 15 is 0 Å². The third-order valence-corrected chi connectivity index (χ3v) is 16.3. The highest BCUT2D eigenvalue weighted by Gasteiger charge is 2.35. The summed E-state index contributed by atoms with van der Waals surface area (Å²) in [5, 5.41) is 13.9. The lowest BCUT2D eigenvalue weighted by Gasteiger charge is -2.24. The maximum absolute atomic E-state index is 13.2. The van der Waals surface area contributed by atoms with E-state index in [4.69, 9.17) is 31.8 Å². The largest absolute Gasteiger partial charge is 0.460 e. The van der Waals surface area contributed by atoms with E-state index in [1.165, 1.54) is 4.90 Å². The van der Waals surface area contributed by atoms with Crippen molar-refractivity contribution in [3.63, 3.8) is 0 Å². The number of rotatable bonds is 26. The fourth-order valence-electron chi connectivity index (χ4n) is 10.8. The van der Waals surface area contributed by atoms with Crippen molar-refractivity contribution in [2.24, 2.45) is 5.92 Å². The van der Waals surface area contributed by atoms with Gasteiger partial charge in [0.15, 0.2) is 11.6 Å². The van der Waals surface area contributed by atoms with Crippen molar-refractivity contribution in [3.05, 3.63) is 154 Å². The number of anilines is 2. The number of likely N-dealkylation sites (tertiary alicyclic amines) is 2. The molecule has 5 amide bonds. The molecule has 692 valence electrons. The van der Waals surface area contributed by atoms with Crippen LogP contribution < -0.4 is 36.1 Å². The molecule has 3 atom stereocenters. The third-order valence-electron chi connectivity index (χ3n) is 16.3. The van der Waals surface area contributed by atoms with Gasteiger partial charge in [0.1, 0.15) is 50.0 Å². The highest BCUT2D eigenvalue weighted by atomic mass is 16.5. The fourth-order valence-corrected chi connectivity index (χ4v) is 10.8. The van der Waals surface area contributed by atoms with Gasteiger partial charge in [-0.2, -0.15) is 0 Å². The van der Waals surface area contributed by atoms with Gasteiger partial charge >= 0.3 is 11.9 Å². The lowest BCUT2D eigenvalue weighted by atomic mass is 10.0. The summed E-state index contributed by atoms with van der Waals surface area (Å²) in [6.45, 7) is 7.34. The van der Waals surface area contributed by atoms with Gasteiger partial charge in [-0.3, -0.25) is 43.2 Å². The lowest BCUT2D eigenvalue weighted by molar-refractivity contribution is -0.144. The van der Waals surface area contributed by atoms with E-state index in [0.29, 0.717) is 90.3 Å². The molecule has 125 heavy (non-hydrogen) atoms. The number of ether oxygens (including phenoxy) is 4.